The third kappa shape index (κ3) is 2.80. The minimum absolute atomic E-state index is 0.0874. The van der Waals surface area contributed by atoms with Crippen molar-refractivity contribution in [1.82, 2.24) is 0 Å². The zero-order chi connectivity index (χ0) is 17.3. The molecule has 0 bridgehead atoms. The molecule has 2 aromatic rings. The molecule has 0 unspecified atom stereocenters. The summed E-state index contributed by atoms with van der Waals surface area (Å²) in [5.74, 6) is -2.49. The Labute approximate surface area is 136 Å². The standard InChI is InChI=1S/C17H14F2N2O3/c1-24-15-5-3-2-4-14(15)21-16(22)9-13(17(21)23)20-10-6-7-11(18)12(19)8-10/h2-8,13,20H,9H2,1H3/t13-/m1/s1. The number of halogens is 2. The first kappa shape index (κ1) is 15.9. The molecule has 5 nitrogen and oxygen atoms in total. The van der Waals surface area contributed by atoms with Crippen LogP contribution in [0.15, 0.2) is 42.5 Å². The number of rotatable bonds is 4. The molecule has 1 N–H and O–H groups in total. The molecule has 24 heavy (non-hydrogen) atoms. The number of ether oxygens (including phenoxy) is 1. The van der Waals surface area contributed by atoms with Crippen LogP contribution in [0.4, 0.5) is 20.2 Å². The van der Waals surface area contributed by atoms with Crippen LogP contribution >= 0.6 is 0 Å². The van der Waals surface area contributed by atoms with Crippen molar-refractivity contribution >= 4 is 23.2 Å². The summed E-state index contributed by atoms with van der Waals surface area (Å²) in [4.78, 5) is 25.8. The van der Waals surface area contributed by atoms with Gasteiger partial charge in [0, 0.05) is 11.8 Å². The predicted octanol–water partition coefficient (Wildman–Crippen LogP) is 2.72. The summed E-state index contributed by atoms with van der Waals surface area (Å²) < 4.78 is 31.4. The maximum atomic E-state index is 13.3. The number of hydrogen-bond acceptors (Lipinski definition) is 4. The van der Waals surface area contributed by atoms with E-state index in [4.69, 9.17) is 4.74 Å². The Morgan fingerprint density at radius 2 is 1.88 bits per heavy atom. The van der Waals surface area contributed by atoms with Crippen LogP contribution in [0.25, 0.3) is 0 Å². The molecule has 124 valence electrons. The van der Waals surface area contributed by atoms with Crippen molar-refractivity contribution in [2.75, 3.05) is 17.3 Å². The molecule has 3 rings (SSSR count). The summed E-state index contributed by atoms with van der Waals surface area (Å²) in [5.41, 5.74) is 0.575. The lowest BCUT2D eigenvalue weighted by Gasteiger charge is -2.18. The van der Waals surface area contributed by atoms with Gasteiger partial charge in [0.2, 0.25) is 5.91 Å². The van der Waals surface area contributed by atoms with Crippen molar-refractivity contribution in [3.8, 4) is 5.75 Å². The summed E-state index contributed by atoms with van der Waals surface area (Å²) in [7, 11) is 1.45. The highest BCUT2D eigenvalue weighted by atomic mass is 19.2. The Balaban J connectivity index is 1.85. The molecule has 1 aliphatic rings. The Morgan fingerprint density at radius 3 is 2.58 bits per heavy atom. The lowest BCUT2D eigenvalue weighted by atomic mass is 10.2. The van der Waals surface area contributed by atoms with Gasteiger partial charge in [-0.15, -0.1) is 0 Å². The molecular formula is C17H14F2N2O3. The fourth-order valence-electron chi connectivity index (χ4n) is 2.60. The van der Waals surface area contributed by atoms with Crippen molar-refractivity contribution in [2.45, 2.75) is 12.5 Å². The van der Waals surface area contributed by atoms with Crippen LogP contribution in [-0.2, 0) is 9.59 Å². The normalized spacial score (nSPS) is 17.3. The summed E-state index contributed by atoms with van der Waals surface area (Å²) in [6, 6.07) is 9.02. The van der Waals surface area contributed by atoms with Gasteiger partial charge in [-0.2, -0.15) is 0 Å². The molecule has 7 heteroatoms. The second-order valence-corrected chi connectivity index (χ2v) is 5.27. The highest BCUT2D eigenvalue weighted by Gasteiger charge is 2.40. The van der Waals surface area contributed by atoms with E-state index in [1.807, 2.05) is 0 Å². The van der Waals surface area contributed by atoms with E-state index in [1.165, 1.54) is 13.2 Å². The molecule has 2 amide bonds. The van der Waals surface area contributed by atoms with Crippen LogP contribution in [0.2, 0.25) is 0 Å². The van der Waals surface area contributed by atoms with Crippen LogP contribution < -0.4 is 15.0 Å². The van der Waals surface area contributed by atoms with E-state index in [2.05, 4.69) is 5.32 Å². The number of nitrogens with zero attached hydrogens (tertiary/aromatic N) is 1. The Kier molecular flexibility index (Phi) is 4.16. The number of imide groups is 1. The highest BCUT2D eigenvalue weighted by molar-refractivity contribution is 6.23. The van der Waals surface area contributed by atoms with Crippen LogP contribution in [-0.4, -0.2) is 25.0 Å². The minimum atomic E-state index is -1.03. The largest absolute Gasteiger partial charge is 0.495 e. The monoisotopic (exact) mass is 332 g/mol. The van der Waals surface area contributed by atoms with Crippen LogP contribution in [0.5, 0.6) is 5.75 Å². The van der Waals surface area contributed by atoms with Gasteiger partial charge in [-0.05, 0) is 24.3 Å². The Hall–Kier alpha value is -2.96. The topological polar surface area (TPSA) is 58.6 Å². The van der Waals surface area contributed by atoms with Gasteiger partial charge in [-0.3, -0.25) is 9.59 Å². The second-order valence-electron chi connectivity index (χ2n) is 5.27. The second kappa shape index (κ2) is 6.27. The van der Waals surface area contributed by atoms with Crippen molar-refractivity contribution in [3.05, 3.63) is 54.1 Å². The van der Waals surface area contributed by atoms with Crippen LogP contribution in [0.3, 0.4) is 0 Å². The van der Waals surface area contributed by atoms with E-state index in [-0.39, 0.29) is 12.1 Å². The van der Waals surface area contributed by atoms with E-state index < -0.39 is 29.5 Å². The van der Waals surface area contributed by atoms with E-state index in [9.17, 15) is 18.4 Å². The quantitative estimate of drug-likeness (QED) is 0.875. The Morgan fingerprint density at radius 1 is 1.12 bits per heavy atom. The van der Waals surface area contributed by atoms with Gasteiger partial charge in [-0.1, -0.05) is 12.1 Å². The maximum Gasteiger partial charge on any atom is 0.256 e. The van der Waals surface area contributed by atoms with Crippen molar-refractivity contribution < 1.29 is 23.1 Å². The molecule has 1 aliphatic heterocycles. The fraction of sp³-hybridized carbons (Fsp3) is 0.176. The highest BCUT2D eigenvalue weighted by Crippen LogP contribution is 2.32. The molecule has 0 aliphatic carbocycles. The van der Waals surface area contributed by atoms with E-state index in [1.54, 1.807) is 24.3 Å². The number of para-hydroxylation sites is 2. The third-order valence-corrected chi connectivity index (χ3v) is 3.73. The average molecular weight is 332 g/mol. The van der Waals surface area contributed by atoms with Crippen molar-refractivity contribution in [1.29, 1.82) is 0 Å². The smallest absolute Gasteiger partial charge is 0.256 e. The van der Waals surface area contributed by atoms with Gasteiger partial charge in [0.1, 0.15) is 11.8 Å². The first-order valence-electron chi connectivity index (χ1n) is 7.22. The number of nitrogens with one attached hydrogen (secondary N) is 1. The number of anilines is 2. The molecule has 1 fully saturated rings. The number of benzene rings is 2. The lowest BCUT2D eigenvalue weighted by Crippen LogP contribution is -2.35. The lowest BCUT2D eigenvalue weighted by molar-refractivity contribution is -0.121. The molecule has 1 heterocycles. The van der Waals surface area contributed by atoms with E-state index in [0.29, 0.717) is 11.4 Å². The molecule has 0 spiro atoms. The molecule has 1 atom stereocenters. The fourth-order valence-corrected chi connectivity index (χ4v) is 2.60. The number of carbonyl (C=O) groups excluding carboxylic acids is 2. The zero-order valence-corrected chi connectivity index (χ0v) is 12.8. The van der Waals surface area contributed by atoms with Crippen LogP contribution in [0.1, 0.15) is 6.42 Å². The van der Waals surface area contributed by atoms with Gasteiger partial charge in [0.25, 0.3) is 5.91 Å². The van der Waals surface area contributed by atoms with Gasteiger partial charge in [0.15, 0.2) is 11.6 Å². The summed E-state index contributed by atoms with van der Waals surface area (Å²) in [6.07, 6.45) is -0.0874. The number of carbonyl (C=O) groups is 2. The molecule has 0 aromatic heterocycles. The van der Waals surface area contributed by atoms with Gasteiger partial charge in [0.05, 0.1) is 19.2 Å². The first-order chi connectivity index (χ1) is 11.5. The van der Waals surface area contributed by atoms with E-state index in [0.717, 1.165) is 17.0 Å². The van der Waals surface area contributed by atoms with Gasteiger partial charge in [-0.25, -0.2) is 13.7 Å². The molecular weight excluding hydrogens is 318 g/mol. The maximum absolute atomic E-state index is 13.3. The summed E-state index contributed by atoms with van der Waals surface area (Å²) in [5, 5.41) is 2.77. The summed E-state index contributed by atoms with van der Waals surface area (Å²) >= 11 is 0. The Bertz CT molecular complexity index is 810. The van der Waals surface area contributed by atoms with Crippen LogP contribution in [0, 0.1) is 11.6 Å². The minimum Gasteiger partial charge on any atom is -0.495 e. The van der Waals surface area contributed by atoms with Gasteiger partial charge < -0.3 is 10.1 Å². The van der Waals surface area contributed by atoms with Crippen molar-refractivity contribution in [3.63, 3.8) is 0 Å². The number of amides is 2. The molecule has 2 aromatic carbocycles. The molecule has 0 saturated carbocycles. The van der Waals surface area contributed by atoms with Gasteiger partial charge >= 0.3 is 0 Å². The average Bonchev–Trinajstić information content (AvgIpc) is 2.85. The van der Waals surface area contributed by atoms with Crippen molar-refractivity contribution in [2.24, 2.45) is 0 Å². The molecule has 1 saturated heterocycles. The molecule has 0 radical (unpaired) electrons. The predicted molar refractivity (Wildman–Crippen MR) is 83.9 cm³/mol. The zero-order valence-electron chi connectivity index (χ0n) is 12.8. The first-order valence-corrected chi connectivity index (χ1v) is 7.22. The SMILES string of the molecule is COc1ccccc1N1C(=O)C[C@@H](Nc2ccc(F)c(F)c2)C1=O. The third-order valence-electron chi connectivity index (χ3n) is 3.73. The van der Waals surface area contributed by atoms with E-state index >= 15 is 0 Å². The number of hydrogen-bond donors (Lipinski definition) is 1. The number of methoxy groups -OCH3 is 1. The summed E-state index contributed by atoms with van der Waals surface area (Å²) in [6.45, 7) is 0.